The second-order valence-corrected chi connectivity index (χ2v) is 4.63. The van der Waals surface area contributed by atoms with Crippen molar-refractivity contribution >= 4 is 11.9 Å². The number of carboxylic acids is 1. The minimum absolute atomic E-state index is 0.0241. The van der Waals surface area contributed by atoms with Crippen LogP contribution in [-0.2, 0) is 4.79 Å². The predicted molar refractivity (Wildman–Crippen MR) is 70.7 cm³/mol. The van der Waals surface area contributed by atoms with E-state index in [1.54, 1.807) is 31.2 Å². The molecular formula is C14H17NO5. The van der Waals surface area contributed by atoms with Gasteiger partial charge < -0.3 is 19.8 Å². The van der Waals surface area contributed by atoms with Crippen molar-refractivity contribution in [1.82, 2.24) is 4.90 Å². The van der Waals surface area contributed by atoms with Crippen LogP contribution in [0, 0.1) is 0 Å². The van der Waals surface area contributed by atoms with Crippen molar-refractivity contribution in [1.29, 1.82) is 0 Å². The van der Waals surface area contributed by atoms with Gasteiger partial charge in [-0.05, 0) is 19.1 Å². The lowest BCUT2D eigenvalue weighted by molar-refractivity contribution is -0.141. The third-order valence-corrected chi connectivity index (χ3v) is 3.24. The van der Waals surface area contributed by atoms with Crippen molar-refractivity contribution < 1.29 is 24.5 Å². The summed E-state index contributed by atoms with van der Waals surface area (Å²) in [5, 5.41) is 18.7. The number of carbonyl (C=O) groups is 2. The highest BCUT2D eigenvalue weighted by Crippen LogP contribution is 2.25. The standard InChI is InChI=1S/C14H17NO5/c1-2-20-12-6-4-3-5-10(12)13(17)15-8-9(16)7-11(15)14(18)19/h3-6,9,11,16H,2,7-8H2,1H3,(H,18,19)/t9?,11-/m0/s1. The molecule has 1 unspecified atom stereocenters. The van der Waals surface area contributed by atoms with Crippen LogP contribution < -0.4 is 4.74 Å². The minimum atomic E-state index is -1.11. The van der Waals surface area contributed by atoms with E-state index in [0.29, 0.717) is 17.9 Å². The van der Waals surface area contributed by atoms with Crippen LogP contribution >= 0.6 is 0 Å². The van der Waals surface area contributed by atoms with Gasteiger partial charge in [0.05, 0.1) is 18.3 Å². The zero-order valence-electron chi connectivity index (χ0n) is 11.2. The Morgan fingerprint density at radius 3 is 2.75 bits per heavy atom. The van der Waals surface area contributed by atoms with Gasteiger partial charge in [-0.2, -0.15) is 0 Å². The Labute approximate surface area is 116 Å². The molecule has 6 nitrogen and oxygen atoms in total. The average Bonchev–Trinajstić information content (AvgIpc) is 2.81. The van der Waals surface area contributed by atoms with E-state index in [4.69, 9.17) is 9.84 Å². The SMILES string of the molecule is CCOc1ccccc1C(=O)N1CC(O)C[C@H]1C(=O)O. The van der Waals surface area contributed by atoms with Crippen LogP contribution in [0.3, 0.4) is 0 Å². The molecule has 0 bridgehead atoms. The van der Waals surface area contributed by atoms with Crippen LogP contribution in [0.5, 0.6) is 5.75 Å². The van der Waals surface area contributed by atoms with Crippen molar-refractivity contribution in [3.8, 4) is 5.75 Å². The fourth-order valence-electron chi connectivity index (χ4n) is 2.35. The van der Waals surface area contributed by atoms with E-state index in [1.165, 1.54) is 4.90 Å². The first-order chi connectivity index (χ1) is 9.54. The number of β-amino-alcohol motifs (C(OH)–C–C–N with tert-alkyl or cyclic N) is 1. The molecule has 1 amide bonds. The normalized spacial score (nSPS) is 21.8. The number of aliphatic carboxylic acids is 1. The molecule has 0 saturated carbocycles. The van der Waals surface area contributed by atoms with Crippen molar-refractivity contribution in [2.45, 2.75) is 25.5 Å². The van der Waals surface area contributed by atoms with Gasteiger partial charge in [0.1, 0.15) is 11.8 Å². The Morgan fingerprint density at radius 2 is 2.10 bits per heavy atom. The van der Waals surface area contributed by atoms with E-state index in [9.17, 15) is 14.7 Å². The number of nitrogens with zero attached hydrogens (tertiary/aromatic N) is 1. The van der Waals surface area contributed by atoms with Crippen LogP contribution in [0.1, 0.15) is 23.7 Å². The van der Waals surface area contributed by atoms with Gasteiger partial charge in [0.15, 0.2) is 0 Å². The molecule has 1 saturated heterocycles. The van der Waals surface area contributed by atoms with Gasteiger partial charge in [-0.15, -0.1) is 0 Å². The molecule has 1 aromatic rings. The third kappa shape index (κ3) is 2.75. The molecular weight excluding hydrogens is 262 g/mol. The lowest BCUT2D eigenvalue weighted by Gasteiger charge is -2.22. The Hall–Kier alpha value is -2.08. The highest BCUT2D eigenvalue weighted by molar-refractivity contribution is 5.99. The van der Waals surface area contributed by atoms with Crippen LogP contribution in [0.2, 0.25) is 0 Å². The number of hydrogen-bond acceptors (Lipinski definition) is 4. The van der Waals surface area contributed by atoms with Gasteiger partial charge in [-0.1, -0.05) is 12.1 Å². The third-order valence-electron chi connectivity index (χ3n) is 3.24. The molecule has 2 N–H and O–H groups in total. The van der Waals surface area contributed by atoms with Gasteiger partial charge >= 0.3 is 5.97 Å². The predicted octanol–water partition coefficient (Wildman–Crippen LogP) is 0.745. The summed E-state index contributed by atoms with van der Waals surface area (Å²) in [6, 6.07) is 5.70. The molecule has 0 radical (unpaired) electrons. The molecule has 20 heavy (non-hydrogen) atoms. The number of hydrogen-bond donors (Lipinski definition) is 2. The zero-order chi connectivity index (χ0) is 14.7. The summed E-state index contributed by atoms with van der Waals surface area (Å²) in [5.41, 5.74) is 0.315. The number of carboxylic acid groups (broad SMARTS) is 1. The fourth-order valence-corrected chi connectivity index (χ4v) is 2.35. The van der Waals surface area contributed by atoms with Crippen molar-refractivity contribution in [2.75, 3.05) is 13.2 Å². The first-order valence-corrected chi connectivity index (χ1v) is 6.48. The maximum Gasteiger partial charge on any atom is 0.326 e. The molecule has 1 fully saturated rings. The molecule has 0 spiro atoms. The molecule has 1 aliphatic rings. The summed E-state index contributed by atoms with van der Waals surface area (Å²) in [4.78, 5) is 24.8. The molecule has 6 heteroatoms. The molecule has 1 heterocycles. The Kier molecular flexibility index (Phi) is 4.24. The van der Waals surface area contributed by atoms with Gasteiger partial charge in [0.25, 0.3) is 5.91 Å². The molecule has 0 aromatic heterocycles. The van der Waals surface area contributed by atoms with E-state index < -0.39 is 24.0 Å². The number of aliphatic hydroxyl groups is 1. The van der Waals surface area contributed by atoms with Crippen molar-refractivity contribution in [3.05, 3.63) is 29.8 Å². The van der Waals surface area contributed by atoms with E-state index in [1.807, 2.05) is 0 Å². The summed E-state index contributed by atoms with van der Waals surface area (Å²) in [5.74, 6) is -1.12. The van der Waals surface area contributed by atoms with Gasteiger partial charge in [-0.3, -0.25) is 4.79 Å². The molecule has 2 atom stereocenters. The molecule has 0 aliphatic carbocycles. The Balaban J connectivity index is 2.29. The zero-order valence-corrected chi connectivity index (χ0v) is 11.2. The molecule has 108 valence electrons. The summed E-state index contributed by atoms with van der Waals surface area (Å²) >= 11 is 0. The van der Waals surface area contributed by atoms with Crippen LogP contribution in [0.25, 0.3) is 0 Å². The van der Waals surface area contributed by atoms with Crippen molar-refractivity contribution in [3.63, 3.8) is 0 Å². The van der Waals surface area contributed by atoms with Gasteiger partial charge in [0, 0.05) is 13.0 Å². The molecule has 1 aromatic carbocycles. The van der Waals surface area contributed by atoms with Crippen molar-refractivity contribution in [2.24, 2.45) is 0 Å². The van der Waals surface area contributed by atoms with Gasteiger partial charge in [0.2, 0.25) is 0 Å². The van der Waals surface area contributed by atoms with E-state index in [2.05, 4.69) is 0 Å². The number of carbonyl (C=O) groups excluding carboxylic acids is 1. The minimum Gasteiger partial charge on any atom is -0.493 e. The first-order valence-electron chi connectivity index (χ1n) is 6.48. The fraction of sp³-hybridized carbons (Fsp3) is 0.429. The Morgan fingerprint density at radius 1 is 1.40 bits per heavy atom. The maximum absolute atomic E-state index is 12.5. The first kappa shape index (κ1) is 14.3. The van der Waals surface area contributed by atoms with Gasteiger partial charge in [-0.25, -0.2) is 4.79 Å². The number of benzene rings is 1. The summed E-state index contributed by atoms with van der Waals surface area (Å²) in [7, 11) is 0. The van der Waals surface area contributed by atoms with Crippen LogP contribution in [0.4, 0.5) is 0 Å². The monoisotopic (exact) mass is 279 g/mol. The second-order valence-electron chi connectivity index (χ2n) is 4.63. The number of aliphatic hydroxyl groups excluding tert-OH is 1. The van der Waals surface area contributed by atoms with E-state index in [0.717, 1.165) is 0 Å². The number of para-hydroxylation sites is 1. The largest absolute Gasteiger partial charge is 0.493 e. The summed E-state index contributed by atoms with van der Waals surface area (Å²) in [6.07, 6.45) is -0.753. The maximum atomic E-state index is 12.5. The number of likely N-dealkylation sites (tertiary alicyclic amines) is 1. The second kappa shape index (κ2) is 5.92. The molecule has 2 rings (SSSR count). The lowest BCUT2D eigenvalue weighted by Crippen LogP contribution is -2.40. The number of amides is 1. The summed E-state index contributed by atoms with van der Waals surface area (Å²) in [6.45, 7) is 2.24. The highest BCUT2D eigenvalue weighted by Gasteiger charge is 2.39. The smallest absolute Gasteiger partial charge is 0.326 e. The number of rotatable bonds is 4. The quantitative estimate of drug-likeness (QED) is 0.849. The lowest BCUT2D eigenvalue weighted by atomic mass is 10.1. The number of ether oxygens (including phenoxy) is 1. The topological polar surface area (TPSA) is 87.1 Å². The molecule has 1 aliphatic heterocycles. The highest BCUT2D eigenvalue weighted by atomic mass is 16.5. The Bertz CT molecular complexity index is 516. The average molecular weight is 279 g/mol. The van der Waals surface area contributed by atoms with Crippen LogP contribution in [0.15, 0.2) is 24.3 Å². The summed E-state index contributed by atoms with van der Waals surface area (Å²) < 4.78 is 5.38. The van der Waals surface area contributed by atoms with Crippen LogP contribution in [-0.4, -0.2) is 52.3 Å². The van der Waals surface area contributed by atoms with E-state index >= 15 is 0 Å². The van der Waals surface area contributed by atoms with E-state index in [-0.39, 0.29) is 13.0 Å².